The molecule has 0 radical (unpaired) electrons. The van der Waals surface area contributed by atoms with E-state index in [9.17, 15) is 0 Å². The molecule has 0 atom stereocenters. The first-order chi connectivity index (χ1) is 9.19. The Labute approximate surface area is 116 Å². The highest BCUT2D eigenvalue weighted by Gasteiger charge is 2.20. The van der Waals surface area contributed by atoms with Gasteiger partial charge in [-0.2, -0.15) is 0 Å². The fraction of sp³-hybridized carbons (Fsp3) is 0.733. The molecule has 0 aromatic carbocycles. The van der Waals surface area contributed by atoms with E-state index in [1.54, 1.807) is 7.11 Å². The normalized spacial score (nSPS) is 15.6. The summed E-state index contributed by atoms with van der Waals surface area (Å²) in [7, 11) is 1.74. The van der Waals surface area contributed by atoms with E-state index in [4.69, 9.17) is 9.15 Å². The molecule has 1 heterocycles. The maximum absolute atomic E-state index is 5.88. The minimum Gasteiger partial charge on any atom is -0.463 e. The van der Waals surface area contributed by atoms with E-state index < -0.39 is 0 Å². The molecule has 1 aromatic heterocycles. The van der Waals surface area contributed by atoms with Gasteiger partial charge in [-0.3, -0.25) is 4.90 Å². The zero-order valence-electron chi connectivity index (χ0n) is 12.3. The Morgan fingerprint density at radius 2 is 2.11 bits per heavy atom. The number of hydrogen-bond donors (Lipinski definition) is 1. The molecule has 0 unspecified atom stereocenters. The maximum atomic E-state index is 5.88. The SMILES string of the molecule is COCCN(Cc1ccc(CNC2CC2)o1)C(C)C. The summed E-state index contributed by atoms with van der Waals surface area (Å²) in [6.45, 7) is 7.80. The van der Waals surface area contributed by atoms with Crippen molar-refractivity contribution in [2.45, 2.75) is 51.9 Å². The van der Waals surface area contributed by atoms with Gasteiger partial charge in [0.05, 0.1) is 19.7 Å². The summed E-state index contributed by atoms with van der Waals surface area (Å²) in [6.07, 6.45) is 2.62. The van der Waals surface area contributed by atoms with Gasteiger partial charge in [-0.25, -0.2) is 0 Å². The van der Waals surface area contributed by atoms with Gasteiger partial charge in [0.25, 0.3) is 0 Å². The Morgan fingerprint density at radius 3 is 2.74 bits per heavy atom. The summed E-state index contributed by atoms with van der Waals surface area (Å²) in [6, 6.07) is 5.39. The molecule has 1 aliphatic rings. The number of rotatable bonds is 9. The van der Waals surface area contributed by atoms with Gasteiger partial charge in [-0.05, 0) is 38.8 Å². The van der Waals surface area contributed by atoms with Crippen molar-refractivity contribution in [2.24, 2.45) is 0 Å². The number of nitrogens with one attached hydrogen (secondary N) is 1. The van der Waals surface area contributed by atoms with E-state index >= 15 is 0 Å². The van der Waals surface area contributed by atoms with Crippen LogP contribution < -0.4 is 5.32 Å². The standard InChI is InChI=1S/C15H26N2O2/c1-12(2)17(8-9-18-3)11-15-7-6-14(19-15)10-16-13-4-5-13/h6-7,12-13,16H,4-5,8-11H2,1-3H3. The minimum atomic E-state index is 0.494. The minimum absolute atomic E-state index is 0.494. The molecule has 0 amide bonds. The Morgan fingerprint density at radius 1 is 1.37 bits per heavy atom. The zero-order chi connectivity index (χ0) is 13.7. The summed E-state index contributed by atoms with van der Waals surface area (Å²) < 4.78 is 11.0. The van der Waals surface area contributed by atoms with Crippen molar-refractivity contribution in [1.82, 2.24) is 10.2 Å². The predicted molar refractivity (Wildman–Crippen MR) is 76.0 cm³/mol. The highest BCUT2D eigenvalue weighted by atomic mass is 16.5. The lowest BCUT2D eigenvalue weighted by molar-refractivity contribution is 0.119. The van der Waals surface area contributed by atoms with Crippen molar-refractivity contribution >= 4 is 0 Å². The van der Waals surface area contributed by atoms with Gasteiger partial charge in [-0.15, -0.1) is 0 Å². The molecular formula is C15H26N2O2. The first-order valence-corrected chi connectivity index (χ1v) is 7.23. The van der Waals surface area contributed by atoms with E-state index in [-0.39, 0.29) is 0 Å². The molecular weight excluding hydrogens is 240 g/mol. The van der Waals surface area contributed by atoms with Crippen LogP contribution in [0.1, 0.15) is 38.2 Å². The fourth-order valence-corrected chi connectivity index (χ4v) is 2.06. The molecule has 4 nitrogen and oxygen atoms in total. The first kappa shape index (κ1) is 14.6. The van der Waals surface area contributed by atoms with Crippen LogP contribution in [0.3, 0.4) is 0 Å². The first-order valence-electron chi connectivity index (χ1n) is 7.23. The third-order valence-corrected chi connectivity index (χ3v) is 3.53. The van der Waals surface area contributed by atoms with E-state index in [1.165, 1.54) is 12.8 Å². The molecule has 1 aliphatic carbocycles. The van der Waals surface area contributed by atoms with Crippen LogP contribution in [0, 0.1) is 0 Å². The molecule has 1 aromatic rings. The summed E-state index contributed by atoms with van der Waals surface area (Å²) in [5.74, 6) is 2.08. The lowest BCUT2D eigenvalue weighted by Gasteiger charge is -2.24. The van der Waals surface area contributed by atoms with Crippen LogP contribution in [-0.2, 0) is 17.8 Å². The van der Waals surface area contributed by atoms with Crippen LogP contribution in [0.15, 0.2) is 16.5 Å². The number of ether oxygens (including phenoxy) is 1. The van der Waals surface area contributed by atoms with Crippen LogP contribution in [-0.4, -0.2) is 37.2 Å². The van der Waals surface area contributed by atoms with Gasteiger partial charge < -0.3 is 14.5 Å². The molecule has 0 spiro atoms. The van der Waals surface area contributed by atoms with E-state index in [0.717, 1.165) is 43.8 Å². The average molecular weight is 266 g/mol. The Kier molecular flexibility index (Phi) is 5.43. The molecule has 0 aliphatic heterocycles. The van der Waals surface area contributed by atoms with Gasteiger partial charge in [0.1, 0.15) is 11.5 Å². The lowest BCUT2D eigenvalue weighted by atomic mass is 10.3. The van der Waals surface area contributed by atoms with Crippen molar-refractivity contribution in [1.29, 1.82) is 0 Å². The van der Waals surface area contributed by atoms with E-state index in [1.807, 2.05) is 0 Å². The van der Waals surface area contributed by atoms with Crippen molar-refractivity contribution in [3.05, 3.63) is 23.7 Å². The van der Waals surface area contributed by atoms with E-state index in [0.29, 0.717) is 6.04 Å². The Balaban J connectivity index is 1.81. The summed E-state index contributed by atoms with van der Waals surface area (Å²) in [4.78, 5) is 2.36. The molecule has 1 fully saturated rings. The number of methoxy groups -OCH3 is 1. The largest absolute Gasteiger partial charge is 0.463 e. The van der Waals surface area contributed by atoms with Crippen LogP contribution in [0.25, 0.3) is 0 Å². The molecule has 19 heavy (non-hydrogen) atoms. The number of hydrogen-bond acceptors (Lipinski definition) is 4. The molecule has 1 saturated carbocycles. The second kappa shape index (κ2) is 7.08. The van der Waals surface area contributed by atoms with Gasteiger partial charge in [0.2, 0.25) is 0 Å². The predicted octanol–water partition coefficient (Wildman–Crippen LogP) is 2.39. The summed E-state index contributed by atoms with van der Waals surface area (Å²) >= 11 is 0. The summed E-state index contributed by atoms with van der Waals surface area (Å²) in [5, 5.41) is 3.47. The van der Waals surface area contributed by atoms with Gasteiger partial charge in [0.15, 0.2) is 0 Å². The van der Waals surface area contributed by atoms with Crippen LogP contribution in [0.4, 0.5) is 0 Å². The van der Waals surface area contributed by atoms with Crippen LogP contribution in [0.2, 0.25) is 0 Å². The van der Waals surface area contributed by atoms with Crippen molar-refractivity contribution in [2.75, 3.05) is 20.3 Å². The monoisotopic (exact) mass is 266 g/mol. The van der Waals surface area contributed by atoms with Gasteiger partial charge >= 0.3 is 0 Å². The Hall–Kier alpha value is -0.840. The smallest absolute Gasteiger partial charge is 0.118 e. The number of furan rings is 1. The maximum Gasteiger partial charge on any atom is 0.118 e. The highest BCUT2D eigenvalue weighted by molar-refractivity contribution is 5.07. The molecule has 0 bridgehead atoms. The fourth-order valence-electron chi connectivity index (χ4n) is 2.06. The van der Waals surface area contributed by atoms with Gasteiger partial charge in [0, 0.05) is 25.7 Å². The molecule has 4 heteroatoms. The van der Waals surface area contributed by atoms with Gasteiger partial charge in [-0.1, -0.05) is 0 Å². The zero-order valence-corrected chi connectivity index (χ0v) is 12.3. The molecule has 2 rings (SSSR count). The molecule has 1 N–H and O–H groups in total. The lowest BCUT2D eigenvalue weighted by Crippen LogP contribution is -2.33. The second-order valence-corrected chi connectivity index (χ2v) is 5.58. The Bertz CT molecular complexity index is 372. The third-order valence-electron chi connectivity index (χ3n) is 3.53. The second-order valence-electron chi connectivity index (χ2n) is 5.58. The summed E-state index contributed by atoms with van der Waals surface area (Å²) in [5.41, 5.74) is 0. The topological polar surface area (TPSA) is 37.6 Å². The highest BCUT2D eigenvalue weighted by Crippen LogP contribution is 2.20. The molecule has 108 valence electrons. The quantitative estimate of drug-likeness (QED) is 0.745. The third kappa shape index (κ3) is 4.97. The van der Waals surface area contributed by atoms with Crippen LogP contribution >= 0.6 is 0 Å². The van der Waals surface area contributed by atoms with Crippen molar-refractivity contribution < 1.29 is 9.15 Å². The molecule has 0 saturated heterocycles. The van der Waals surface area contributed by atoms with Crippen LogP contribution in [0.5, 0.6) is 0 Å². The van der Waals surface area contributed by atoms with Crippen molar-refractivity contribution in [3.63, 3.8) is 0 Å². The average Bonchev–Trinajstić information content (AvgIpc) is 3.11. The number of nitrogens with zero attached hydrogens (tertiary/aromatic N) is 1. The van der Waals surface area contributed by atoms with E-state index in [2.05, 4.69) is 36.2 Å². The van der Waals surface area contributed by atoms with Crippen molar-refractivity contribution in [3.8, 4) is 0 Å².